The van der Waals surface area contributed by atoms with Crippen LogP contribution in [-0.2, 0) is 0 Å². The van der Waals surface area contributed by atoms with Gasteiger partial charge in [-0.05, 0) is 18.2 Å². The number of nitrogens with zero attached hydrogens (tertiary/aromatic N) is 1. The summed E-state index contributed by atoms with van der Waals surface area (Å²) >= 11 is 5.87. The molecule has 0 aliphatic heterocycles. The van der Waals surface area contributed by atoms with E-state index in [0.29, 0.717) is 5.69 Å². The molecule has 0 heterocycles. The highest BCUT2D eigenvalue weighted by molar-refractivity contribution is 6.33. The second-order valence-electron chi connectivity index (χ2n) is 3.99. The molecule has 21 heavy (non-hydrogen) atoms. The number of hydrazine groups is 1. The maximum atomic E-state index is 11.7. The number of amides is 2. The fourth-order valence-corrected chi connectivity index (χ4v) is 1.74. The van der Waals surface area contributed by atoms with Crippen molar-refractivity contribution in [2.75, 3.05) is 10.7 Å². The standard InChI is InChI=1S/C13H11ClN4O3/c14-11-8-10(18(20)21)6-7-12(11)15-13(19)17-16-9-4-2-1-3-5-9/h1-8,16H,(H2,15,17,19). The largest absolute Gasteiger partial charge is 0.337 e. The number of anilines is 2. The van der Waals surface area contributed by atoms with E-state index in [1.54, 1.807) is 12.1 Å². The van der Waals surface area contributed by atoms with Crippen molar-refractivity contribution < 1.29 is 9.72 Å². The Bertz CT molecular complexity index is 664. The quantitative estimate of drug-likeness (QED) is 0.596. The van der Waals surface area contributed by atoms with Gasteiger partial charge in [-0.3, -0.25) is 21.0 Å². The Kier molecular flexibility index (Phi) is 4.57. The molecule has 0 unspecified atom stereocenters. The van der Waals surface area contributed by atoms with E-state index < -0.39 is 11.0 Å². The van der Waals surface area contributed by atoms with Gasteiger partial charge in [0, 0.05) is 12.1 Å². The third-order valence-electron chi connectivity index (χ3n) is 2.51. The second-order valence-corrected chi connectivity index (χ2v) is 4.40. The lowest BCUT2D eigenvalue weighted by Crippen LogP contribution is -2.33. The first-order valence-electron chi connectivity index (χ1n) is 5.88. The van der Waals surface area contributed by atoms with E-state index in [9.17, 15) is 14.9 Å². The molecule has 0 aromatic heterocycles. The monoisotopic (exact) mass is 306 g/mol. The highest BCUT2D eigenvalue weighted by Gasteiger charge is 2.11. The van der Waals surface area contributed by atoms with Gasteiger partial charge in [0.2, 0.25) is 0 Å². The van der Waals surface area contributed by atoms with Crippen molar-refractivity contribution in [3.8, 4) is 0 Å². The summed E-state index contributed by atoms with van der Waals surface area (Å²) in [5.41, 5.74) is 5.96. The summed E-state index contributed by atoms with van der Waals surface area (Å²) in [4.78, 5) is 21.7. The molecule has 0 aliphatic rings. The van der Waals surface area contributed by atoms with Crippen molar-refractivity contribution in [2.45, 2.75) is 0 Å². The lowest BCUT2D eigenvalue weighted by Gasteiger charge is -2.10. The Morgan fingerprint density at radius 2 is 1.86 bits per heavy atom. The van der Waals surface area contributed by atoms with E-state index in [1.807, 2.05) is 18.2 Å². The lowest BCUT2D eigenvalue weighted by molar-refractivity contribution is -0.384. The summed E-state index contributed by atoms with van der Waals surface area (Å²) in [7, 11) is 0. The molecular formula is C13H11ClN4O3. The Labute approximate surface area is 125 Å². The number of carbonyl (C=O) groups is 1. The van der Waals surface area contributed by atoms with Crippen molar-refractivity contribution in [3.63, 3.8) is 0 Å². The summed E-state index contributed by atoms with van der Waals surface area (Å²) in [6.45, 7) is 0. The zero-order valence-electron chi connectivity index (χ0n) is 10.7. The van der Waals surface area contributed by atoms with Gasteiger partial charge in [0.05, 0.1) is 21.3 Å². The average Bonchev–Trinajstić information content (AvgIpc) is 2.48. The number of carbonyl (C=O) groups excluding carboxylic acids is 1. The van der Waals surface area contributed by atoms with Gasteiger partial charge < -0.3 is 5.32 Å². The van der Waals surface area contributed by atoms with Gasteiger partial charge in [0.15, 0.2) is 0 Å². The molecule has 7 nitrogen and oxygen atoms in total. The topological polar surface area (TPSA) is 96.3 Å². The summed E-state index contributed by atoms with van der Waals surface area (Å²) < 4.78 is 0. The van der Waals surface area contributed by atoms with Crippen molar-refractivity contribution in [2.24, 2.45) is 0 Å². The Balaban J connectivity index is 1.95. The molecule has 2 amide bonds. The third-order valence-corrected chi connectivity index (χ3v) is 2.82. The zero-order chi connectivity index (χ0) is 15.2. The number of halogens is 1. The molecule has 0 bridgehead atoms. The molecule has 2 aromatic rings. The van der Waals surface area contributed by atoms with Crippen LogP contribution in [0.4, 0.5) is 21.9 Å². The molecule has 0 fully saturated rings. The SMILES string of the molecule is O=C(NNc1ccccc1)Nc1ccc([N+](=O)[O-])cc1Cl. The van der Waals surface area contributed by atoms with Gasteiger partial charge >= 0.3 is 6.03 Å². The molecule has 8 heteroatoms. The third kappa shape index (κ3) is 4.08. The Hall–Kier alpha value is -2.80. The smallest absolute Gasteiger partial charge is 0.305 e. The lowest BCUT2D eigenvalue weighted by atomic mass is 10.3. The van der Waals surface area contributed by atoms with Crippen molar-refractivity contribution in [3.05, 3.63) is 63.7 Å². The summed E-state index contributed by atoms with van der Waals surface area (Å²) in [5, 5.41) is 13.1. The maximum absolute atomic E-state index is 11.7. The first-order valence-corrected chi connectivity index (χ1v) is 6.26. The van der Waals surface area contributed by atoms with Crippen molar-refractivity contribution in [1.29, 1.82) is 0 Å². The first kappa shape index (κ1) is 14.6. The average molecular weight is 307 g/mol. The molecule has 0 spiro atoms. The van der Waals surface area contributed by atoms with Crippen LogP contribution in [0.5, 0.6) is 0 Å². The van der Waals surface area contributed by atoms with Gasteiger partial charge in [-0.25, -0.2) is 4.79 Å². The molecular weight excluding hydrogens is 296 g/mol. The van der Waals surface area contributed by atoms with E-state index in [1.165, 1.54) is 18.2 Å². The normalized spacial score (nSPS) is 9.76. The van der Waals surface area contributed by atoms with Gasteiger partial charge in [-0.15, -0.1) is 0 Å². The minimum Gasteiger partial charge on any atom is -0.305 e. The molecule has 2 rings (SSSR count). The Morgan fingerprint density at radius 3 is 2.48 bits per heavy atom. The van der Waals surface area contributed by atoms with Crippen LogP contribution in [0.3, 0.4) is 0 Å². The number of nitro benzene ring substituents is 1. The molecule has 0 atom stereocenters. The summed E-state index contributed by atoms with van der Waals surface area (Å²) in [6, 6.07) is 12.3. The predicted molar refractivity (Wildman–Crippen MR) is 80.3 cm³/mol. The molecule has 108 valence electrons. The van der Waals surface area contributed by atoms with Crippen LogP contribution in [0.25, 0.3) is 0 Å². The van der Waals surface area contributed by atoms with Crippen LogP contribution in [0.2, 0.25) is 5.02 Å². The Morgan fingerprint density at radius 1 is 1.14 bits per heavy atom. The fourth-order valence-electron chi connectivity index (χ4n) is 1.52. The maximum Gasteiger partial charge on any atom is 0.337 e. The number of hydrogen-bond donors (Lipinski definition) is 3. The zero-order valence-corrected chi connectivity index (χ0v) is 11.4. The van der Waals surface area contributed by atoms with Crippen LogP contribution in [0.15, 0.2) is 48.5 Å². The number of urea groups is 1. The highest BCUT2D eigenvalue weighted by Crippen LogP contribution is 2.26. The predicted octanol–water partition coefficient (Wildman–Crippen LogP) is 3.40. The minimum atomic E-state index is -0.563. The highest BCUT2D eigenvalue weighted by atomic mass is 35.5. The van der Waals surface area contributed by atoms with Gasteiger partial charge in [-0.2, -0.15) is 0 Å². The summed E-state index contributed by atoms with van der Waals surface area (Å²) in [6.07, 6.45) is 0. The van der Waals surface area contributed by atoms with E-state index in [4.69, 9.17) is 11.6 Å². The molecule has 0 saturated carbocycles. The molecule has 0 saturated heterocycles. The van der Waals surface area contributed by atoms with Crippen LogP contribution >= 0.6 is 11.6 Å². The molecule has 2 aromatic carbocycles. The number of hydrogen-bond acceptors (Lipinski definition) is 4. The number of rotatable bonds is 4. The minimum absolute atomic E-state index is 0.0825. The molecule has 0 aliphatic carbocycles. The van der Waals surface area contributed by atoms with Gasteiger partial charge in [-0.1, -0.05) is 29.8 Å². The number of benzene rings is 2. The van der Waals surface area contributed by atoms with Gasteiger partial charge in [0.25, 0.3) is 5.69 Å². The molecule has 3 N–H and O–H groups in total. The fraction of sp³-hybridized carbons (Fsp3) is 0. The molecule has 0 radical (unpaired) electrons. The number of nitrogens with one attached hydrogen (secondary N) is 3. The van der Waals surface area contributed by atoms with E-state index in [-0.39, 0.29) is 16.4 Å². The van der Waals surface area contributed by atoms with Crippen molar-refractivity contribution in [1.82, 2.24) is 5.43 Å². The van der Waals surface area contributed by atoms with Gasteiger partial charge in [0.1, 0.15) is 0 Å². The van der Waals surface area contributed by atoms with Crippen LogP contribution in [-0.4, -0.2) is 11.0 Å². The number of nitro groups is 1. The van der Waals surface area contributed by atoms with Crippen LogP contribution in [0.1, 0.15) is 0 Å². The number of para-hydroxylation sites is 1. The van der Waals surface area contributed by atoms with E-state index in [2.05, 4.69) is 16.2 Å². The summed E-state index contributed by atoms with van der Waals surface area (Å²) in [5.74, 6) is 0. The first-order chi connectivity index (χ1) is 10.1. The van der Waals surface area contributed by atoms with E-state index in [0.717, 1.165) is 0 Å². The second kappa shape index (κ2) is 6.58. The van der Waals surface area contributed by atoms with Crippen molar-refractivity contribution >= 4 is 34.7 Å². The van der Waals surface area contributed by atoms with Crippen LogP contribution < -0.4 is 16.2 Å². The number of non-ortho nitro benzene ring substituents is 1. The van der Waals surface area contributed by atoms with E-state index >= 15 is 0 Å². The van der Waals surface area contributed by atoms with Crippen LogP contribution in [0, 0.1) is 10.1 Å².